The minimum absolute atomic E-state index is 0.292. The molecule has 5 nitrogen and oxygen atoms in total. The Morgan fingerprint density at radius 2 is 1.96 bits per heavy atom. The number of nitrogens with zero attached hydrogens (tertiary/aromatic N) is 4. The van der Waals surface area contributed by atoms with E-state index in [2.05, 4.69) is 81.3 Å². The monoisotopic (exact) mass is 335 g/mol. The van der Waals surface area contributed by atoms with Crippen LogP contribution in [0, 0.1) is 6.92 Å². The zero-order valence-electron chi connectivity index (χ0n) is 15.1. The average Bonchev–Trinajstić information content (AvgIpc) is 3.14. The van der Waals surface area contributed by atoms with E-state index in [0.717, 1.165) is 31.3 Å². The quantitative estimate of drug-likeness (QED) is 0.912. The summed E-state index contributed by atoms with van der Waals surface area (Å²) in [5.41, 5.74) is 4.01. The van der Waals surface area contributed by atoms with Gasteiger partial charge in [-0.2, -0.15) is 0 Å². The number of hydrogen-bond donors (Lipinski definition) is 1. The summed E-state index contributed by atoms with van der Waals surface area (Å²) < 4.78 is 2.25. The summed E-state index contributed by atoms with van der Waals surface area (Å²) in [6, 6.07) is 9.51. The molecule has 1 aromatic carbocycles. The maximum absolute atomic E-state index is 4.26. The molecule has 0 amide bonds. The standard InChI is InChI=1S/C20H25N5/c1-4-21-12-16-6-5-7-17(11-16)13-24-14(2)10-19-18(24)8-9-20-23-22-15(3)25(19)20/h5-11,18-19,21H,4,12-13H2,1-3H3. The van der Waals surface area contributed by atoms with Crippen LogP contribution in [0.3, 0.4) is 0 Å². The van der Waals surface area contributed by atoms with E-state index in [4.69, 9.17) is 0 Å². The maximum atomic E-state index is 4.26. The predicted octanol–water partition coefficient (Wildman–Crippen LogP) is 3.05. The first-order chi connectivity index (χ1) is 12.2. The van der Waals surface area contributed by atoms with E-state index in [1.165, 1.54) is 16.8 Å². The van der Waals surface area contributed by atoms with Crippen molar-refractivity contribution in [2.24, 2.45) is 0 Å². The Morgan fingerprint density at radius 1 is 1.12 bits per heavy atom. The largest absolute Gasteiger partial charge is 0.362 e. The fraction of sp³-hybridized carbons (Fsp3) is 0.400. The Labute approximate surface area is 149 Å². The predicted molar refractivity (Wildman–Crippen MR) is 99.7 cm³/mol. The van der Waals surface area contributed by atoms with Gasteiger partial charge in [-0.25, -0.2) is 0 Å². The number of aryl methyl sites for hydroxylation is 1. The first-order valence-electron chi connectivity index (χ1n) is 9.00. The van der Waals surface area contributed by atoms with Crippen LogP contribution in [-0.4, -0.2) is 32.3 Å². The van der Waals surface area contributed by atoms with Gasteiger partial charge in [-0.3, -0.25) is 0 Å². The van der Waals surface area contributed by atoms with E-state index < -0.39 is 0 Å². The molecule has 1 N–H and O–H groups in total. The normalized spacial score (nSPS) is 21.2. The van der Waals surface area contributed by atoms with Crippen LogP contribution in [-0.2, 0) is 13.1 Å². The minimum atomic E-state index is 0.292. The Balaban J connectivity index is 1.57. The number of benzene rings is 1. The van der Waals surface area contributed by atoms with Gasteiger partial charge in [0.25, 0.3) is 0 Å². The lowest BCUT2D eigenvalue weighted by Gasteiger charge is -2.32. The van der Waals surface area contributed by atoms with Crippen molar-refractivity contribution in [3.63, 3.8) is 0 Å². The molecule has 0 spiro atoms. The lowest BCUT2D eigenvalue weighted by molar-refractivity contribution is 0.269. The van der Waals surface area contributed by atoms with Crippen LogP contribution >= 0.6 is 0 Å². The summed E-state index contributed by atoms with van der Waals surface area (Å²) in [7, 11) is 0. The lowest BCUT2D eigenvalue weighted by atomic mass is 10.0. The number of nitrogens with one attached hydrogen (secondary N) is 1. The lowest BCUT2D eigenvalue weighted by Crippen LogP contribution is -2.35. The average molecular weight is 335 g/mol. The molecular weight excluding hydrogens is 310 g/mol. The van der Waals surface area contributed by atoms with Crippen molar-refractivity contribution in [3.8, 4) is 0 Å². The zero-order valence-corrected chi connectivity index (χ0v) is 15.1. The highest BCUT2D eigenvalue weighted by Gasteiger charge is 2.36. The van der Waals surface area contributed by atoms with Crippen LogP contribution in [0.25, 0.3) is 6.08 Å². The first kappa shape index (κ1) is 16.1. The molecule has 0 radical (unpaired) electrons. The van der Waals surface area contributed by atoms with Crippen LogP contribution < -0.4 is 5.32 Å². The second kappa shape index (κ2) is 6.48. The molecular formula is C20H25N5. The van der Waals surface area contributed by atoms with E-state index in [-0.39, 0.29) is 0 Å². The third-order valence-corrected chi connectivity index (χ3v) is 5.13. The number of allylic oxidation sites excluding steroid dienone is 1. The van der Waals surface area contributed by atoms with Crippen molar-refractivity contribution in [3.05, 3.63) is 64.9 Å². The van der Waals surface area contributed by atoms with Crippen molar-refractivity contribution >= 4 is 6.08 Å². The SMILES string of the molecule is CCNCc1cccc(CN2C(C)=CC3C2C=Cc2nnc(C)n23)c1. The summed E-state index contributed by atoms with van der Waals surface area (Å²) in [6.07, 6.45) is 6.71. The van der Waals surface area contributed by atoms with Gasteiger partial charge in [0.1, 0.15) is 5.82 Å². The van der Waals surface area contributed by atoms with Crippen molar-refractivity contribution in [1.82, 2.24) is 25.0 Å². The number of aromatic nitrogens is 3. The van der Waals surface area contributed by atoms with Gasteiger partial charge in [0.05, 0.1) is 12.1 Å². The van der Waals surface area contributed by atoms with Gasteiger partial charge in [-0.1, -0.05) is 37.3 Å². The summed E-state index contributed by atoms with van der Waals surface area (Å²) >= 11 is 0. The molecule has 2 aliphatic rings. The molecule has 25 heavy (non-hydrogen) atoms. The van der Waals surface area contributed by atoms with Crippen LogP contribution in [0.15, 0.2) is 42.1 Å². The molecule has 0 saturated heterocycles. The molecule has 2 atom stereocenters. The molecule has 5 heteroatoms. The Hall–Kier alpha value is -2.40. The number of hydrogen-bond acceptors (Lipinski definition) is 4. The Kier molecular flexibility index (Phi) is 4.17. The van der Waals surface area contributed by atoms with Crippen molar-refractivity contribution < 1.29 is 0 Å². The van der Waals surface area contributed by atoms with E-state index >= 15 is 0 Å². The maximum Gasteiger partial charge on any atom is 0.157 e. The van der Waals surface area contributed by atoms with Crippen LogP contribution in [0.4, 0.5) is 0 Å². The number of rotatable bonds is 5. The highest BCUT2D eigenvalue weighted by Crippen LogP contribution is 2.37. The van der Waals surface area contributed by atoms with E-state index in [1.807, 2.05) is 6.92 Å². The molecule has 0 saturated carbocycles. The third-order valence-electron chi connectivity index (χ3n) is 5.13. The van der Waals surface area contributed by atoms with E-state index in [1.54, 1.807) is 0 Å². The summed E-state index contributed by atoms with van der Waals surface area (Å²) in [5, 5.41) is 11.9. The van der Waals surface area contributed by atoms with Gasteiger partial charge in [0.2, 0.25) is 0 Å². The van der Waals surface area contributed by atoms with Gasteiger partial charge in [-0.15, -0.1) is 10.2 Å². The molecule has 0 fully saturated rings. The zero-order chi connectivity index (χ0) is 17.4. The molecule has 2 unspecified atom stereocenters. The summed E-state index contributed by atoms with van der Waals surface area (Å²) in [5.74, 6) is 1.94. The summed E-state index contributed by atoms with van der Waals surface area (Å²) in [4.78, 5) is 2.48. The molecule has 3 heterocycles. The van der Waals surface area contributed by atoms with Crippen molar-refractivity contribution in [2.75, 3.05) is 6.54 Å². The van der Waals surface area contributed by atoms with Crippen molar-refractivity contribution in [1.29, 1.82) is 0 Å². The second-order valence-electron chi connectivity index (χ2n) is 6.85. The van der Waals surface area contributed by atoms with Gasteiger partial charge >= 0.3 is 0 Å². The van der Waals surface area contributed by atoms with Gasteiger partial charge in [0, 0.05) is 18.8 Å². The molecule has 4 rings (SSSR count). The fourth-order valence-corrected chi connectivity index (χ4v) is 3.89. The number of fused-ring (bicyclic) bond motifs is 3. The van der Waals surface area contributed by atoms with Crippen LogP contribution in [0.1, 0.15) is 42.7 Å². The second-order valence-corrected chi connectivity index (χ2v) is 6.85. The first-order valence-corrected chi connectivity index (χ1v) is 9.00. The summed E-state index contributed by atoms with van der Waals surface area (Å²) in [6.45, 7) is 9.21. The van der Waals surface area contributed by atoms with E-state index in [9.17, 15) is 0 Å². The third kappa shape index (κ3) is 2.89. The fourth-order valence-electron chi connectivity index (χ4n) is 3.89. The van der Waals surface area contributed by atoms with Crippen LogP contribution in [0.5, 0.6) is 0 Å². The molecule has 0 aliphatic carbocycles. The highest BCUT2D eigenvalue weighted by atomic mass is 15.3. The van der Waals surface area contributed by atoms with E-state index in [0.29, 0.717) is 12.1 Å². The highest BCUT2D eigenvalue weighted by molar-refractivity contribution is 5.48. The Bertz CT molecular complexity index is 832. The molecule has 1 aromatic heterocycles. The van der Waals surface area contributed by atoms with Gasteiger partial charge in [-0.05, 0) is 43.7 Å². The molecule has 2 aromatic rings. The molecule has 130 valence electrons. The smallest absolute Gasteiger partial charge is 0.157 e. The van der Waals surface area contributed by atoms with Gasteiger partial charge < -0.3 is 14.8 Å². The molecule has 2 aliphatic heterocycles. The minimum Gasteiger partial charge on any atom is -0.362 e. The van der Waals surface area contributed by atoms with Crippen LogP contribution in [0.2, 0.25) is 0 Å². The van der Waals surface area contributed by atoms with Gasteiger partial charge in [0.15, 0.2) is 5.82 Å². The molecule has 0 bridgehead atoms. The topological polar surface area (TPSA) is 46.0 Å². The van der Waals surface area contributed by atoms with Crippen molar-refractivity contribution in [2.45, 2.75) is 45.9 Å². The Morgan fingerprint density at radius 3 is 2.80 bits per heavy atom.